The number of amides is 1. The largest absolute Gasteiger partial charge is 0.398 e. The number of anilines is 1. The van der Waals surface area contributed by atoms with Gasteiger partial charge in [0.2, 0.25) is 0 Å². The quantitative estimate of drug-likeness (QED) is 0.844. The number of aryl methyl sites for hydroxylation is 1. The fraction of sp³-hybridized carbons (Fsp3) is 0.615. The highest BCUT2D eigenvalue weighted by Crippen LogP contribution is 2.27. The summed E-state index contributed by atoms with van der Waals surface area (Å²) in [6.45, 7) is 8.75. The lowest BCUT2D eigenvalue weighted by atomic mass is 9.99. The summed E-state index contributed by atoms with van der Waals surface area (Å²) in [4.78, 5) is 18.4. The van der Waals surface area contributed by atoms with Crippen molar-refractivity contribution in [2.45, 2.75) is 26.3 Å². The Morgan fingerprint density at radius 3 is 2.61 bits per heavy atom. The van der Waals surface area contributed by atoms with Gasteiger partial charge < -0.3 is 10.6 Å². The molecule has 4 nitrogen and oxygen atoms in total. The monoisotopic (exact) mass is 267 g/mol. The van der Waals surface area contributed by atoms with Gasteiger partial charge in [-0.25, -0.2) is 0 Å². The Morgan fingerprint density at radius 1 is 1.44 bits per heavy atom. The number of carbonyl (C=O) groups excluding carboxylic acids is 1. The smallest absolute Gasteiger partial charge is 0.264 e. The summed E-state index contributed by atoms with van der Waals surface area (Å²) in [5.74, 6) is 0.112. The zero-order valence-corrected chi connectivity index (χ0v) is 12.3. The van der Waals surface area contributed by atoms with E-state index in [1.807, 2.05) is 11.8 Å². The summed E-state index contributed by atoms with van der Waals surface area (Å²) in [5, 5.41) is 0. The molecule has 1 aromatic heterocycles. The molecule has 1 aliphatic heterocycles. The minimum Gasteiger partial charge on any atom is -0.398 e. The minimum absolute atomic E-state index is 0.0335. The topological polar surface area (TPSA) is 49.6 Å². The molecule has 100 valence electrons. The van der Waals surface area contributed by atoms with Crippen molar-refractivity contribution in [1.29, 1.82) is 0 Å². The van der Waals surface area contributed by atoms with E-state index >= 15 is 0 Å². The second kappa shape index (κ2) is 4.55. The highest BCUT2D eigenvalue weighted by molar-refractivity contribution is 7.14. The van der Waals surface area contributed by atoms with Crippen LogP contribution in [-0.4, -0.2) is 47.9 Å². The maximum atomic E-state index is 12.4. The molecule has 2 heterocycles. The van der Waals surface area contributed by atoms with Gasteiger partial charge in [-0.2, -0.15) is 0 Å². The lowest BCUT2D eigenvalue weighted by Gasteiger charge is -2.45. The number of carbonyl (C=O) groups is 1. The Bertz CT molecular complexity index is 447. The van der Waals surface area contributed by atoms with E-state index in [1.165, 1.54) is 11.3 Å². The highest BCUT2D eigenvalue weighted by atomic mass is 32.1. The van der Waals surface area contributed by atoms with Crippen molar-refractivity contribution in [2.24, 2.45) is 0 Å². The number of rotatable bonds is 1. The van der Waals surface area contributed by atoms with Crippen LogP contribution in [0.3, 0.4) is 0 Å². The summed E-state index contributed by atoms with van der Waals surface area (Å²) < 4.78 is 0. The first-order valence-corrected chi connectivity index (χ1v) is 6.99. The summed E-state index contributed by atoms with van der Waals surface area (Å²) in [5.41, 5.74) is 6.57. The number of nitrogen functional groups attached to an aromatic ring is 1. The first-order chi connectivity index (χ1) is 8.31. The molecule has 1 aromatic rings. The molecule has 0 bridgehead atoms. The van der Waals surface area contributed by atoms with E-state index in [1.54, 1.807) is 6.07 Å². The van der Waals surface area contributed by atoms with Crippen LogP contribution in [0.4, 0.5) is 5.69 Å². The van der Waals surface area contributed by atoms with Gasteiger partial charge in [0.25, 0.3) is 5.91 Å². The third kappa shape index (κ3) is 2.37. The molecule has 1 aliphatic rings. The van der Waals surface area contributed by atoms with Gasteiger partial charge in [0.15, 0.2) is 0 Å². The number of hydrogen-bond acceptors (Lipinski definition) is 4. The fourth-order valence-corrected chi connectivity index (χ4v) is 3.08. The molecule has 0 saturated carbocycles. The summed E-state index contributed by atoms with van der Waals surface area (Å²) >= 11 is 1.49. The van der Waals surface area contributed by atoms with Crippen LogP contribution in [0, 0.1) is 6.92 Å². The van der Waals surface area contributed by atoms with Crippen LogP contribution in [-0.2, 0) is 0 Å². The van der Waals surface area contributed by atoms with Gasteiger partial charge in [-0.15, -0.1) is 11.3 Å². The molecule has 1 fully saturated rings. The molecule has 0 radical (unpaired) electrons. The van der Waals surface area contributed by atoms with Crippen molar-refractivity contribution in [3.8, 4) is 0 Å². The number of hydrogen-bond donors (Lipinski definition) is 1. The Kier molecular flexibility index (Phi) is 3.38. The van der Waals surface area contributed by atoms with Crippen molar-refractivity contribution >= 4 is 22.9 Å². The SMILES string of the molecule is Cc1sc(C(=O)N2CCN(C)C(C)(C)C2)cc1N. The van der Waals surface area contributed by atoms with Gasteiger partial charge in [0.1, 0.15) is 0 Å². The van der Waals surface area contributed by atoms with Crippen LogP contribution in [0.15, 0.2) is 6.07 Å². The number of nitrogens with two attached hydrogens (primary N) is 1. The predicted octanol–water partition coefficient (Wildman–Crippen LogP) is 1.80. The summed E-state index contributed by atoms with van der Waals surface area (Å²) in [6.07, 6.45) is 0. The van der Waals surface area contributed by atoms with Crippen LogP contribution < -0.4 is 5.73 Å². The van der Waals surface area contributed by atoms with E-state index in [0.717, 1.165) is 35.1 Å². The molecule has 0 aromatic carbocycles. The normalized spacial score (nSPS) is 20.1. The zero-order valence-electron chi connectivity index (χ0n) is 11.5. The molecule has 1 saturated heterocycles. The molecule has 2 rings (SSSR count). The van der Waals surface area contributed by atoms with E-state index < -0.39 is 0 Å². The molecular formula is C13H21N3OS. The molecule has 2 N–H and O–H groups in total. The molecule has 0 unspecified atom stereocenters. The van der Waals surface area contributed by atoms with Gasteiger partial charge in [-0.3, -0.25) is 9.69 Å². The Morgan fingerprint density at radius 2 is 2.11 bits per heavy atom. The van der Waals surface area contributed by atoms with Crippen molar-refractivity contribution in [2.75, 3.05) is 32.4 Å². The molecule has 0 atom stereocenters. The van der Waals surface area contributed by atoms with Crippen LogP contribution in [0.2, 0.25) is 0 Å². The van der Waals surface area contributed by atoms with Gasteiger partial charge >= 0.3 is 0 Å². The molecule has 18 heavy (non-hydrogen) atoms. The third-order valence-electron chi connectivity index (χ3n) is 3.77. The van der Waals surface area contributed by atoms with Gasteiger partial charge in [-0.05, 0) is 33.9 Å². The van der Waals surface area contributed by atoms with Crippen LogP contribution in [0.25, 0.3) is 0 Å². The Labute approximate surface area is 112 Å². The van der Waals surface area contributed by atoms with E-state index in [4.69, 9.17) is 5.73 Å². The second-order valence-electron chi connectivity index (χ2n) is 5.58. The first-order valence-electron chi connectivity index (χ1n) is 6.18. The molecule has 0 spiro atoms. The summed E-state index contributed by atoms with van der Waals surface area (Å²) in [6, 6.07) is 1.80. The van der Waals surface area contributed by atoms with Crippen molar-refractivity contribution in [1.82, 2.24) is 9.80 Å². The van der Waals surface area contributed by atoms with E-state index in [-0.39, 0.29) is 11.4 Å². The average Bonchev–Trinajstić information content (AvgIpc) is 2.62. The first kappa shape index (κ1) is 13.4. The summed E-state index contributed by atoms with van der Waals surface area (Å²) in [7, 11) is 2.11. The number of thiophene rings is 1. The maximum absolute atomic E-state index is 12.4. The Balaban J connectivity index is 2.15. The van der Waals surface area contributed by atoms with Crippen molar-refractivity contribution in [3.05, 3.63) is 15.8 Å². The second-order valence-corrected chi connectivity index (χ2v) is 6.84. The van der Waals surface area contributed by atoms with E-state index in [9.17, 15) is 4.79 Å². The number of piperazine rings is 1. The van der Waals surface area contributed by atoms with Gasteiger partial charge in [0.05, 0.1) is 4.88 Å². The average molecular weight is 267 g/mol. The molecular weight excluding hydrogens is 246 g/mol. The van der Waals surface area contributed by atoms with Crippen LogP contribution in [0.1, 0.15) is 28.4 Å². The minimum atomic E-state index is 0.0335. The number of nitrogens with zero attached hydrogens (tertiary/aromatic N) is 2. The lowest BCUT2D eigenvalue weighted by molar-refractivity contribution is 0.0315. The van der Waals surface area contributed by atoms with Crippen molar-refractivity contribution in [3.63, 3.8) is 0 Å². The third-order valence-corrected chi connectivity index (χ3v) is 4.82. The Hall–Kier alpha value is -1.07. The lowest BCUT2D eigenvalue weighted by Crippen LogP contribution is -2.58. The van der Waals surface area contributed by atoms with E-state index in [0.29, 0.717) is 0 Å². The van der Waals surface area contributed by atoms with Gasteiger partial charge in [-0.1, -0.05) is 0 Å². The standard InChI is InChI=1S/C13H21N3OS/c1-9-10(14)7-11(18-9)12(17)16-6-5-15(4)13(2,3)8-16/h7H,5-6,8,14H2,1-4H3. The molecule has 5 heteroatoms. The van der Waals surface area contributed by atoms with E-state index in [2.05, 4.69) is 25.8 Å². The highest BCUT2D eigenvalue weighted by Gasteiger charge is 2.33. The zero-order chi connectivity index (χ0) is 13.5. The van der Waals surface area contributed by atoms with Crippen LogP contribution >= 0.6 is 11.3 Å². The van der Waals surface area contributed by atoms with Crippen LogP contribution in [0.5, 0.6) is 0 Å². The van der Waals surface area contributed by atoms with Gasteiger partial charge in [0, 0.05) is 35.7 Å². The van der Waals surface area contributed by atoms with Crippen molar-refractivity contribution < 1.29 is 4.79 Å². The predicted molar refractivity (Wildman–Crippen MR) is 76.1 cm³/mol. The molecule has 1 amide bonds. The molecule has 0 aliphatic carbocycles. The maximum Gasteiger partial charge on any atom is 0.264 e. The fourth-order valence-electron chi connectivity index (χ4n) is 2.17. The number of likely N-dealkylation sites (N-methyl/N-ethyl adjacent to an activating group) is 1.